The summed E-state index contributed by atoms with van der Waals surface area (Å²) in [6.07, 6.45) is 4.27. The molecule has 24 heteroatoms. The van der Waals surface area contributed by atoms with Crippen LogP contribution in [-0.4, -0.2) is 140 Å². The number of fused-ring (bicyclic) bond motifs is 3. The molecule has 2 aliphatic heterocycles. The van der Waals surface area contributed by atoms with Crippen LogP contribution in [0.25, 0.3) is 21.7 Å². The lowest BCUT2D eigenvalue weighted by atomic mass is 9.95. The Balaban J connectivity index is 0.641. The molecule has 1 saturated heterocycles. The average molecular weight is 1120 g/mol. The molecule has 5 amide bonds. The van der Waals surface area contributed by atoms with Crippen LogP contribution in [0.15, 0.2) is 112 Å². The summed E-state index contributed by atoms with van der Waals surface area (Å²) in [7, 11) is 0. The summed E-state index contributed by atoms with van der Waals surface area (Å²) in [5, 5.41) is 18.4. The van der Waals surface area contributed by atoms with Gasteiger partial charge in [-0.05, 0) is 79.4 Å². The van der Waals surface area contributed by atoms with Crippen LogP contribution in [0.5, 0.6) is 0 Å². The molecular formula is C55H58ClF2N13O7S. The number of hydrogen-bond acceptors (Lipinski definition) is 17. The van der Waals surface area contributed by atoms with Crippen molar-refractivity contribution in [2.75, 3.05) is 77.7 Å². The molecule has 7 N–H and O–H groups in total. The van der Waals surface area contributed by atoms with Crippen molar-refractivity contribution in [2.45, 2.75) is 38.9 Å². The molecule has 0 saturated carbocycles. The normalized spacial score (nSPS) is 14.1. The summed E-state index contributed by atoms with van der Waals surface area (Å²) in [5.74, 6) is 3.11. The molecule has 412 valence electrons. The van der Waals surface area contributed by atoms with E-state index in [0.29, 0.717) is 89.9 Å². The van der Waals surface area contributed by atoms with Gasteiger partial charge >= 0.3 is 6.03 Å². The molecule has 6 aromatic rings. The van der Waals surface area contributed by atoms with E-state index in [1.165, 1.54) is 29.3 Å². The predicted molar refractivity (Wildman–Crippen MR) is 298 cm³/mol. The SMILES string of the molecule is Cc1ncsc1-c1ccc(CNC(=O)[C@@H]2CCCN2C(=O)NC(=O)COCCNCCN=CC(COCCOCCNC(=O)c2ccc(Nc3ncc4c(n3)-c3ccc(Cl)cc3C(c3c(F)cccc3F)=NC4)cc2)=NN)cc1. The number of halogens is 3. The second-order valence-electron chi connectivity index (χ2n) is 18.0. The average Bonchev–Trinajstić information content (AvgIpc) is 4.22. The lowest BCUT2D eigenvalue weighted by Gasteiger charge is -2.24. The predicted octanol–water partition coefficient (Wildman–Crippen LogP) is 6.37. The van der Waals surface area contributed by atoms with Gasteiger partial charge in [-0.25, -0.2) is 28.5 Å². The first-order valence-electron chi connectivity index (χ1n) is 25.3. The second-order valence-corrected chi connectivity index (χ2v) is 19.3. The number of urea groups is 1. The molecule has 4 heterocycles. The number of ether oxygens (including phenoxy) is 3. The maximum Gasteiger partial charge on any atom is 0.324 e. The smallest absolute Gasteiger partial charge is 0.324 e. The van der Waals surface area contributed by atoms with Gasteiger partial charge in [-0.3, -0.25) is 29.7 Å². The van der Waals surface area contributed by atoms with E-state index in [1.54, 1.807) is 60.0 Å². The molecule has 1 fully saturated rings. The highest BCUT2D eigenvalue weighted by atomic mass is 35.5. The van der Waals surface area contributed by atoms with Gasteiger partial charge in [-0.15, -0.1) is 11.3 Å². The summed E-state index contributed by atoms with van der Waals surface area (Å²) in [6.45, 7) is 5.11. The number of carbonyl (C=O) groups excluding carboxylic acids is 4. The largest absolute Gasteiger partial charge is 0.377 e. The van der Waals surface area contributed by atoms with Crippen LogP contribution < -0.4 is 32.4 Å². The van der Waals surface area contributed by atoms with E-state index in [0.717, 1.165) is 21.7 Å². The molecule has 0 spiro atoms. The van der Waals surface area contributed by atoms with Gasteiger partial charge in [0.2, 0.25) is 11.9 Å². The molecule has 4 aromatic carbocycles. The van der Waals surface area contributed by atoms with Gasteiger partial charge in [-0.1, -0.05) is 48.0 Å². The van der Waals surface area contributed by atoms with Crippen LogP contribution in [0.1, 0.15) is 51.1 Å². The molecule has 2 aromatic heterocycles. The summed E-state index contributed by atoms with van der Waals surface area (Å²) in [5.41, 5.74) is 8.31. The topological polar surface area (TPSA) is 261 Å². The van der Waals surface area contributed by atoms with Gasteiger partial charge in [0.25, 0.3) is 11.8 Å². The highest BCUT2D eigenvalue weighted by Gasteiger charge is 2.35. The van der Waals surface area contributed by atoms with E-state index in [9.17, 15) is 28.0 Å². The van der Waals surface area contributed by atoms with Gasteiger partial charge in [0.1, 0.15) is 30.0 Å². The highest BCUT2D eigenvalue weighted by molar-refractivity contribution is 7.13. The number of aromatic nitrogens is 3. The molecule has 0 aliphatic carbocycles. The van der Waals surface area contributed by atoms with Crippen molar-refractivity contribution in [3.8, 4) is 21.7 Å². The Morgan fingerprint density at radius 3 is 2.43 bits per heavy atom. The second kappa shape index (κ2) is 28.6. The number of likely N-dealkylation sites (tertiary alicyclic amines) is 1. The first-order valence-corrected chi connectivity index (χ1v) is 26.6. The molecule has 0 unspecified atom stereocenters. The zero-order valence-corrected chi connectivity index (χ0v) is 44.7. The van der Waals surface area contributed by atoms with E-state index in [1.807, 2.05) is 36.7 Å². The Bertz CT molecular complexity index is 3180. The summed E-state index contributed by atoms with van der Waals surface area (Å²) in [4.78, 5) is 76.1. The quantitative estimate of drug-likeness (QED) is 0.0158. The fourth-order valence-electron chi connectivity index (χ4n) is 8.52. The highest BCUT2D eigenvalue weighted by Crippen LogP contribution is 2.35. The standard InChI is InChI=1S/C55H58ClF2N13O7S/c1-34-51(79-33-66-34)36-9-7-35(8-10-36)27-64-53(74)46-6-3-21-71(46)55(75)68-47(72)32-77-22-19-60-17-18-61-30-41(70-59)31-78-25-24-76-23-20-62-52(73)37-11-14-40(15-12-37)67-54-65-29-38-28-63-50(48-44(57)4-2-5-45(48)58)43-26-39(56)13-16-42(43)49(38)69-54/h2,4-5,7-16,26,29-30,33,46,60H,3,6,17-25,27-28,31-32,59H2,1H3,(H,62,73)(H,64,74)(H,65,67,69)(H,68,72,75)/t46-/m0/s1. The summed E-state index contributed by atoms with van der Waals surface area (Å²) in [6, 6.07) is 22.0. The molecule has 79 heavy (non-hydrogen) atoms. The minimum atomic E-state index is -0.745. The van der Waals surface area contributed by atoms with Crippen molar-refractivity contribution < 1.29 is 42.2 Å². The number of hydrogen-bond donors (Lipinski definition) is 6. The van der Waals surface area contributed by atoms with Crippen LogP contribution in [-0.2, 0) is 36.9 Å². The van der Waals surface area contributed by atoms with Crippen LogP contribution in [0.4, 0.5) is 25.2 Å². The molecular weight excluding hydrogens is 1060 g/mol. The van der Waals surface area contributed by atoms with E-state index >= 15 is 0 Å². The molecule has 20 nitrogen and oxygen atoms in total. The van der Waals surface area contributed by atoms with Crippen molar-refractivity contribution in [3.63, 3.8) is 0 Å². The number of nitrogens with one attached hydrogen (secondary N) is 5. The molecule has 8 rings (SSSR count). The number of rotatable bonds is 25. The van der Waals surface area contributed by atoms with Crippen molar-refractivity contribution in [2.24, 2.45) is 20.9 Å². The number of nitrogens with zero attached hydrogens (tertiary/aromatic N) is 7. The minimum Gasteiger partial charge on any atom is -0.377 e. The fraction of sp³-hybridized carbons (Fsp3) is 0.309. The number of hydrazone groups is 1. The number of aliphatic imine (C=N–C) groups is 2. The third-order valence-corrected chi connectivity index (χ3v) is 13.7. The Kier molecular flexibility index (Phi) is 20.7. The zero-order valence-electron chi connectivity index (χ0n) is 43.1. The third kappa shape index (κ3) is 15.9. The maximum absolute atomic E-state index is 14.9. The lowest BCUT2D eigenvalue weighted by Crippen LogP contribution is -2.51. The maximum atomic E-state index is 14.9. The van der Waals surface area contributed by atoms with Crippen molar-refractivity contribution in [3.05, 3.63) is 147 Å². The number of nitrogens with two attached hydrogens (primary N) is 1. The Labute approximate surface area is 463 Å². The number of imide groups is 1. The lowest BCUT2D eigenvalue weighted by molar-refractivity contribution is -0.126. The van der Waals surface area contributed by atoms with E-state index < -0.39 is 29.6 Å². The van der Waals surface area contributed by atoms with Gasteiger partial charge in [-0.2, -0.15) is 5.10 Å². The fourth-order valence-corrected chi connectivity index (χ4v) is 9.50. The Morgan fingerprint density at radius 2 is 1.66 bits per heavy atom. The van der Waals surface area contributed by atoms with Crippen molar-refractivity contribution >= 4 is 76.0 Å². The molecule has 2 aliphatic rings. The Hall–Kier alpha value is -7.93. The van der Waals surface area contributed by atoms with Gasteiger partial charge < -0.3 is 46.2 Å². The molecule has 0 radical (unpaired) electrons. The van der Waals surface area contributed by atoms with Crippen LogP contribution in [0, 0.1) is 18.6 Å². The number of benzene rings is 4. The summed E-state index contributed by atoms with van der Waals surface area (Å²) >= 11 is 7.92. The summed E-state index contributed by atoms with van der Waals surface area (Å²) < 4.78 is 46.5. The molecule has 1 atom stereocenters. The third-order valence-electron chi connectivity index (χ3n) is 12.5. The van der Waals surface area contributed by atoms with E-state index in [4.69, 9.17) is 36.6 Å². The first kappa shape index (κ1) is 57.3. The van der Waals surface area contributed by atoms with Gasteiger partial charge in [0.15, 0.2) is 0 Å². The van der Waals surface area contributed by atoms with Crippen molar-refractivity contribution in [1.29, 1.82) is 0 Å². The number of anilines is 2. The number of thiazole rings is 1. The van der Waals surface area contributed by atoms with E-state index in [2.05, 4.69) is 51.6 Å². The van der Waals surface area contributed by atoms with Crippen LogP contribution in [0.3, 0.4) is 0 Å². The zero-order chi connectivity index (χ0) is 55.5. The van der Waals surface area contributed by atoms with E-state index in [-0.39, 0.29) is 81.8 Å². The number of carbonyl (C=O) groups is 4. The van der Waals surface area contributed by atoms with Gasteiger partial charge in [0, 0.05) is 78.1 Å². The van der Waals surface area contributed by atoms with Crippen molar-refractivity contribution in [1.82, 2.24) is 41.1 Å². The number of amides is 5. The first-order chi connectivity index (χ1) is 38.4. The van der Waals surface area contributed by atoms with Crippen LogP contribution >= 0.6 is 22.9 Å². The van der Waals surface area contributed by atoms with Crippen LogP contribution in [0.2, 0.25) is 5.02 Å². The number of aryl methyl sites for hydroxylation is 1. The monoisotopic (exact) mass is 1120 g/mol. The van der Waals surface area contributed by atoms with Gasteiger partial charge in [0.05, 0.1) is 79.2 Å². The minimum absolute atomic E-state index is 0.0805. The molecule has 0 bridgehead atoms. The Morgan fingerprint density at radius 1 is 0.886 bits per heavy atom.